The van der Waals surface area contributed by atoms with Gasteiger partial charge in [-0.05, 0) is 62.1 Å². The van der Waals surface area contributed by atoms with Crippen molar-refractivity contribution in [3.05, 3.63) is 76.0 Å². The van der Waals surface area contributed by atoms with Crippen LogP contribution in [0.15, 0.2) is 42.5 Å². The normalized spacial score (nSPS) is 14.8. The summed E-state index contributed by atoms with van der Waals surface area (Å²) in [4.78, 5) is 34.7. The largest absolute Gasteiger partial charge is 0.337 e. The van der Waals surface area contributed by atoms with E-state index in [1.54, 1.807) is 0 Å². The Kier molecular flexibility index (Phi) is 5.77. The predicted octanol–water partition coefficient (Wildman–Crippen LogP) is 4.34. The number of hydrogen-bond acceptors (Lipinski definition) is 3. The molecule has 0 saturated carbocycles. The molecular formula is C26H29N3O2. The van der Waals surface area contributed by atoms with Crippen LogP contribution in [0, 0.1) is 27.7 Å². The molecule has 31 heavy (non-hydrogen) atoms. The van der Waals surface area contributed by atoms with Gasteiger partial charge in [-0.1, -0.05) is 30.3 Å². The summed E-state index contributed by atoms with van der Waals surface area (Å²) in [7, 11) is 0. The first-order valence-electron chi connectivity index (χ1n) is 10.8. The molecule has 1 aliphatic heterocycles. The second kappa shape index (κ2) is 8.50. The lowest BCUT2D eigenvalue weighted by atomic mass is 9.99. The van der Waals surface area contributed by atoms with Gasteiger partial charge in [0.15, 0.2) is 0 Å². The summed E-state index contributed by atoms with van der Waals surface area (Å²) in [6.45, 7) is 10.2. The molecule has 2 amide bonds. The highest BCUT2D eigenvalue weighted by molar-refractivity contribution is 6.07. The van der Waals surface area contributed by atoms with Gasteiger partial charge in [0.1, 0.15) is 0 Å². The fourth-order valence-electron chi connectivity index (χ4n) is 4.46. The number of pyridine rings is 1. The van der Waals surface area contributed by atoms with E-state index in [4.69, 9.17) is 0 Å². The lowest BCUT2D eigenvalue weighted by Gasteiger charge is -2.23. The molecule has 3 aromatic rings. The Bertz CT molecular complexity index is 1160. The molecule has 1 aliphatic rings. The lowest BCUT2D eigenvalue weighted by Crippen LogP contribution is -2.36. The van der Waals surface area contributed by atoms with Crippen molar-refractivity contribution in [2.75, 3.05) is 19.6 Å². The fourth-order valence-corrected chi connectivity index (χ4v) is 4.46. The van der Waals surface area contributed by atoms with Crippen molar-refractivity contribution < 1.29 is 9.59 Å². The van der Waals surface area contributed by atoms with Crippen molar-refractivity contribution >= 4 is 22.7 Å². The van der Waals surface area contributed by atoms with Crippen LogP contribution < -0.4 is 0 Å². The molecule has 0 radical (unpaired) electrons. The van der Waals surface area contributed by atoms with Gasteiger partial charge in [-0.3, -0.25) is 14.6 Å². The first-order chi connectivity index (χ1) is 14.8. The van der Waals surface area contributed by atoms with Gasteiger partial charge >= 0.3 is 0 Å². The molecule has 4 rings (SSSR count). The van der Waals surface area contributed by atoms with Gasteiger partial charge in [-0.25, -0.2) is 0 Å². The van der Waals surface area contributed by atoms with Gasteiger partial charge in [0, 0.05) is 43.7 Å². The Labute approximate surface area is 183 Å². The summed E-state index contributed by atoms with van der Waals surface area (Å²) in [5.74, 6) is 0.0779. The minimum Gasteiger partial charge on any atom is -0.337 e. The van der Waals surface area contributed by atoms with Crippen LogP contribution in [0.5, 0.6) is 0 Å². The number of nitrogens with zero attached hydrogens (tertiary/aromatic N) is 3. The van der Waals surface area contributed by atoms with Gasteiger partial charge < -0.3 is 9.80 Å². The summed E-state index contributed by atoms with van der Waals surface area (Å²) in [5.41, 5.74) is 6.88. The second-order valence-corrected chi connectivity index (χ2v) is 8.57. The van der Waals surface area contributed by atoms with E-state index in [2.05, 4.69) is 30.1 Å². The minimum absolute atomic E-state index is 0.0204. The van der Waals surface area contributed by atoms with Gasteiger partial charge in [0.05, 0.1) is 11.1 Å². The maximum Gasteiger partial charge on any atom is 0.254 e. The molecule has 0 spiro atoms. The zero-order valence-corrected chi connectivity index (χ0v) is 18.7. The number of fused-ring (bicyclic) bond motifs is 1. The van der Waals surface area contributed by atoms with Crippen molar-refractivity contribution in [3.63, 3.8) is 0 Å². The standard InChI is InChI=1S/C26H29N3O2/c1-17-13-19(3)25-22(15-20(4)27-23(25)14-17)26(31)28-10-9-24(30)29(12-11-28)16-21-8-6-5-7-18(21)2/h5-8,13-15H,9-12,16H2,1-4H3. The molecule has 0 unspecified atom stereocenters. The topological polar surface area (TPSA) is 53.5 Å². The monoisotopic (exact) mass is 415 g/mol. The molecule has 2 aromatic carbocycles. The van der Waals surface area contributed by atoms with Crippen LogP contribution in [0.1, 0.15) is 44.7 Å². The van der Waals surface area contributed by atoms with E-state index in [-0.39, 0.29) is 11.8 Å². The van der Waals surface area contributed by atoms with Gasteiger partial charge in [-0.15, -0.1) is 0 Å². The Morgan fingerprint density at radius 3 is 2.52 bits per heavy atom. The fraction of sp³-hybridized carbons (Fsp3) is 0.346. The lowest BCUT2D eigenvalue weighted by molar-refractivity contribution is -0.130. The molecule has 0 aliphatic carbocycles. The van der Waals surface area contributed by atoms with Crippen LogP contribution in [0.25, 0.3) is 10.9 Å². The first-order valence-corrected chi connectivity index (χ1v) is 10.8. The van der Waals surface area contributed by atoms with Crippen LogP contribution in [0.3, 0.4) is 0 Å². The predicted molar refractivity (Wildman–Crippen MR) is 123 cm³/mol. The average molecular weight is 416 g/mol. The Morgan fingerprint density at radius 1 is 0.968 bits per heavy atom. The summed E-state index contributed by atoms with van der Waals surface area (Å²) in [6.07, 6.45) is 0.345. The van der Waals surface area contributed by atoms with Crippen LogP contribution in [0.2, 0.25) is 0 Å². The Balaban J connectivity index is 1.59. The molecule has 160 valence electrons. The smallest absolute Gasteiger partial charge is 0.254 e. The third-order valence-electron chi connectivity index (χ3n) is 6.11. The minimum atomic E-state index is -0.0204. The third kappa shape index (κ3) is 4.31. The van der Waals surface area contributed by atoms with E-state index >= 15 is 0 Å². The molecule has 2 heterocycles. The highest BCUT2D eigenvalue weighted by Crippen LogP contribution is 2.26. The van der Waals surface area contributed by atoms with Gasteiger partial charge in [0.2, 0.25) is 5.91 Å². The number of carbonyl (C=O) groups is 2. The number of aromatic nitrogens is 1. The molecular weight excluding hydrogens is 386 g/mol. The SMILES string of the molecule is Cc1cc(C)c2c(C(=O)N3CCC(=O)N(Cc4ccccc4C)CC3)cc(C)nc2c1. The van der Waals surface area contributed by atoms with E-state index in [1.807, 2.05) is 54.8 Å². The molecule has 5 nitrogen and oxygen atoms in total. The summed E-state index contributed by atoms with van der Waals surface area (Å²) < 4.78 is 0. The van der Waals surface area contributed by atoms with E-state index < -0.39 is 0 Å². The average Bonchev–Trinajstić information content (AvgIpc) is 2.90. The van der Waals surface area contributed by atoms with Gasteiger partial charge in [-0.2, -0.15) is 0 Å². The van der Waals surface area contributed by atoms with Crippen molar-refractivity contribution in [1.29, 1.82) is 0 Å². The van der Waals surface area contributed by atoms with E-state index in [9.17, 15) is 9.59 Å². The summed E-state index contributed by atoms with van der Waals surface area (Å²) >= 11 is 0. The number of benzene rings is 2. The second-order valence-electron chi connectivity index (χ2n) is 8.57. The van der Waals surface area contributed by atoms with Crippen LogP contribution in [0.4, 0.5) is 0 Å². The van der Waals surface area contributed by atoms with E-state index in [0.717, 1.165) is 33.3 Å². The molecule has 5 heteroatoms. The summed E-state index contributed by atoms with van der Waals surface area (Å²) in [6, 6.07) is 14.1. The number of rotatable bonds is 3. The quantitative estimate of drug-likeness (QED) is 0.639. The van der Waals surface area contributed by atoms with E-state index in [1.165, 1.54) is 5.56 Å². The van der Waals surface area contributed by atoms with Crippen molar-refractivity contribution in [2.45, 2.75) is 40.7 Å². The molecule has 1 fully saturated rings. The number of amides is 2. The highest BCUT2D eigenvalue weighted by atomic mass is 16.2. The van der Waals surface area contributed by atoms with Crippen molar-refractivity contribution in [1.82, 2.24) is 14.8 Å². The molecule has 0 bridgehead atoms. The number of hydrogen-bond donors (Lipinski definition) is 0. The van der Waals surface area contributed by atoms with Crippen LogP contribution in [-0.2, 0) is 11.3 Å². The third-order valence-corrected chi connectivity index (χ3v) is 6.11. The maximum absolute atomic E-state index is 13.5. The summed E-state index contributed by atoms with van der Waals surface area (Å²) in [5, 5.41) is 0.911. The van der Waals surface area contributed by atoms with E-state index in [0.29, 0.717) is 38.2 Å². The molecule has 1 saturated heterocycles. The zero-order valence-electron chi connectivity index (χ0n) is 18.7. The van der Waals surface area contributed by atoms with Crippen molar-refractivity contribution in [2.24, 2.45) is 0 Å². The number of carbonyl (C=O) groups excluding carboxylic acids is 2. The Hall–Kier alpha value is -3.21. The highest BCUT2D eigenvalue weighted by Gasteiger charge is 2.26. The van der Waals surface area contributed by atoms with Gasteiger partial charge in [0.25, 0.3) is 5.91 Å². The first kappa shape index (κ1) is 21.0. The van der Waals surface area contributed by atoms with Crippen LogP contribution in [-0.4, -0.2) is 46.2 Å². The van der Waals surface area contributed by atoms with Crippen molar-refractivity contribution in [3.8, 4) is 0 Å². The van der Waals surface area contributed by atoms with Crippen LogP contribution >= 0.6 is 0 Å². The molecule has 0 atom stereocenters. The Morgan fingerprint density at radius 2 is 1.74 bits per heavy atom. The zero-order chi connectivity index (χ0) is 22.1. The molecule has 0 N–H and O–H groups in total. The maximum atomic E-state index is 13.5. The number of aryl methyl sites for hydroxylation is 4. The molecule has 1 aromatic heterocycles.